The maximum atomic E-state index is 13.5. The highest BCUT2D eigenvalue weighted by atomic mass is 32.1. The van der Waals surface area contributed by atoms with E-state index in [1.165, 1.54) is 23.5 Å². The molecule has 1 aliphatic rings. The van der Waals surface area contributed by atoms with E-state index in [4.69, 9.17) is 9.26 Å². The fourth-order valence-corrected chi connectivity index (χ4v) is 3.84. The highest BCUT2D eigenvalue weighted by Gasteiger charge is 2.29. The SMILES string of the molecule is Cc1cc(C(=O)N(CC2CCCO2)c2nc3ccc(F)cc3s2)on1. The number of nitrogens with zero attached hydrogens (tertiary/aromatic N) is 3. The van der Waals surface area contributed by atoms with Crippen molar-refractivity contribution in [3.05, 3.63) is 41.5 Å². The Bertz CT molecular complexity index is 917. The van der Waals surface area contributed by atoms with Crippen LogP contribution in [0.2, 0.25) is 0 Å². The van der Waals surface area contributed by atoms with Gasteiger partial charge in [-0.3, -0.25) is 9.69 Å². The first-order valence-electron chi connectivity index (χ1n) is 8.03. The van der Waals surface area contributed by atoms with Crippen molar-refractivity contribution < 1.29 is 18.4 Å². The molecule has 0 N–H and O–H groups in total. The number of aryl methyl sites for hydroxylation is 1. The van der Waals surface area contributed by atoms with E-state index < -0.39 is 0 Å². The zero-order valence-electron chi connectivity index (χ0n) is 13.6. The molecule has 0 bridgehead atoms. The molecule has 130 valence electrons. The molecule has 0 saturated carbocycles. The molecule has 6 nitrogen and oxygen atoms in total. The molecule has 2 aromatic heterocycles. The minimum atomic E-state index is -0.328. The van der Waals surface area contributed by atoms with Crippen molar-refractivity contribution in [1.82, 2.24) is 10.1 Å². The zero-order valence-corrected chi connectivity index (χ0v) is 14.4. The lowest BCUT2D eigenvalue weighted by Crippen LogP contribution is -2.37. The first kappa shape index (κ1) is 16.2. The molecule has 8 heteroatoms. The molecule has 0 aliphatic carbocycles. The van der Waals surface area contributed by atoms with Crippen molar-refractivity contribution >= 4 is 32.6 Å². The molecule has 1 aliphatic heterocycles. The Kier molecular flexibility index (Phi) is 4.22. The standard InChI is InChI=1S/C17H16FN3O3S/c1-10-7-14(24-20-10)16(22)21(9-12-3-2-6-23-12)17-19-13-5-4-11(18)8-15(13)25-17/h4-5,7-8,12H,2-3,6,9H2,1H3. The van der Waals surface area contributed by atoms with E-state index in [9.17, 15) is 9.18 Å². The van der Waals surface area contributed by atoms with Crippen LogP contribution in [0.25, 0.3) is 10.2 Å². The maximum Gasteiger partial charge on any atom is 0.298 e. The molecular weight excluding hydrogens is 345 g/mol. The van der Waals surface area contributed by atoms with Crippen LogP contribution in [0.1, 0.15) is 29.1 Å². The van der Waals surface area contributed by atoms with Crippen LogP contribution in [0.15, 0.2) is 28.8 Å². The van der Waals surface area contributed by atoms with Gasteiger partial charge in [0.2, 0.25) is 5.76 Å². The van der Waals surface area contributed by atoms with Gasteiger partial charge in [-0.15, -0.1) is 0 Å². The molecule has 0 radical (unpaired) electrons. The molecule has 25 heavy (non-hydrogen) atoms. The fraction of sp³-hybridized carbons (Fsp3) is 0.353. The summed E-state index contributed by atoms with van der Waals surface area (Å²) in [6, 6.07) is 5.98. The predicted molar refractivity (Wildman–Crippen MR) is 91.5 cm³/mol. The molecule has 3 aromatic rings. The van der Waals surface area contributed by atoms with Crippen molar-refractivity contribution in [1.29, 1.82) is 0 Å². The second kappa shape index (κ2) is 6.53. The highest BCUT2D eigenvalue weighted by Crippen LogP contribution is 2.31. The minimum Gasteiger partial charge on any atom is -0.376 e. The number of carbonyl (C=O) groups is 1. The van der Waals surface area contributed by atoms with Crippen molar-refractivity contribution in [3.8, 4) is 0 Å². The van der Waals surface area contributed by atoms with Crippen molar-refractivity contribution in [2.24, 2.45) is 0 Å². The van der Waals surface area contributed by atoms with Crippen LogP contribution in [0.3, 0.4) is 0 Å². The number of ether oxygens (including phenoxy) is 1. The molecule has 1 fully saturated rings. The molecule has 1 atom stereocenters. The first-order chi connectivity index (χ1) is 12.1. The Balaban J connectivity index is 1.70. The number of halogens is 1. The van der Waals surface area contributed by atoms with Crippen LogP contribution in [0.4, 0.5) is 9.52 Å². The predicted octanol–water partition coefficient (Wildman–Crippen LogP) is 3.56. The summed E-state index contributed by atoms with van der Waals surface area (Å²) in [5, 5.41) is 4.28. The average molecular weight is 361 g/mol. The van der Waals surface area contributed by atoms with E-state index in [0.29, 0.717) is 34.2 Å². The lowest BCUT2D eigenvalue weighted by molar-refractivity contribution is 0.0887. The Morgan fingerprint density at radius 3 is 3.04 bits per heavy atom. The summed E-state index contributed by atoms with van der Waals surface area (Å²) >= 11 is 1.27. The monoisotopic (exact) mass is 361 g/mol. The maximum absolute atomic E-state index is 13.5. The number of anilines is 1. The summed E-state index contributed by atoms with van der Waals surface area (Å²) in [4.78, 5) is 18.9. The molecule has 1 unspecified atom stereocenters. The van der Waals surface area contributed by atoms with E-state index in [1.54, 1.807) is 24.0 Å². The Hall–Kier alpha value is -2.32. The van der Waals surface area contributed by atoms with Gasteiger partial charge < -0.3 is 9.26 Å². The molecule has 1 amide bonds. The summed E-state index contributed by atoms with van der Waals surface area (Å²) in [7, 11) is 0. The minimum absolute atomic E-state index is 0.0447. The van der Waals surface area contributed by atoms with E-state index in [1.807, 2.05) is 0 Å². The van der Waals surface area contributed by atoms with Crippen LogP contribution in [-0.4, -0.2) is 35.3 Å². The van der Waals surface area contributed by atoms with Gasteiger partial charge in [-0.25, -0.2) is 9.37 Å². The van der Waals surface area contributed by atoms with Gasteiger partial charge in [-0.05, 0) is 38.0 Å². The normalized spacial score (nSPS) is 17.3. The second-order valence-corrected chi connectivity index (χ2v) is 7.00. The number of amides is 1. The lowest BCUT2D eigenvalue weighted by atomic mass is 10.2. The van der Waals surface area contributed by atoms with Crippen molar-refractivity contribution in [3.63, 3.8) is 0 Å². The number of fused-ring (bicyclic) bond motifs is 1. The second-order valence-electron chi connectivity index (χ2n) is 5.99. The van der Waals surface area contributed by atoms with Gasteiger partial charge >= 0.3 is 0 Å². The third-order valence-electron chi connectivity index (χ3n) is 4.06. The van der Waals surface area contributed by atoms with Gasteiger partial charge in [-0.2, -0.15) is 0 Å². The zero-order chi connectivity index (χ0) is 17.4. The van der Waals surface area contributed by atoms with Gasteiger partial charge in [0.1, 0.15) is 5.82 Å². The summed E-state index contributed by atoms with van der Waals surface area (Å²) < 4.78 is 24.9. The molecule has 1 aromatic carbocycles. The van der Waals surface area contributed by atoms with Gasteiger partial charge in [-0.1, -0.05) is 16.5 Å². The number of carbonyl (C=O) groups excluding carboxylic acids is 1. The van der Waals surface area contributed by atoms with Crippen LogP contribution in [-0.2, 0) is 4.74 Å². The summed E-state index contributed by atoms with van der Waals surface area (Å²) in [5.74, 6) is -0.498. The number of rotatable bonds is 4. The van der Waals surface area contributed by atoms with Crippen LogP contribution in [0.5, 0.6) is 0 Å². The quantitative estimate of drug-likeness (QED) is 0.711. The van der Waals surface area contributed by atoms with Crippen molar-refractivity contribution in [2.45, 2.75) is 25.9 Å². The Morgan fingerprint density at radius 2 is 2.32 bits per heavy atom. The number of thiazole rings is 1. The van der Waals surface area contributed by atoms with Crippen LogP contribution in [0, 0.1) is 12.7 Å². The largest absolute Gasteiger partial charge is 0.376 e. The topological polar surface area (TPSA) is 68.5 Å². The molecule has 1 saturated heterocycles. The van der Waals surface area contributed by atoms with Crippen molar-refractivity contribution in [2.75, 3.05) is 18.1 Å². The van der Waals surface area contributed by atoms with E-state index >= 15 is 0 Å². The number of aromatic nitrogens is 2. The summed E-state index contributed by atoms with van der Waals surface area (Å²) in [6.45, 7) is 2.82. The number of hydrogen-bond donors (Lipinski definition) is 0. The molecule has 0 spiro atoms. The lowest BCUT2D eigenvalue weighted by Gasteiger charge is -2.21. The number of hydrogen-bond acceptors (Lipinski definition) is 6. The molecule has 3 heterocycles. The Morgan fingerprint density at radius 1 is 1.44 bits per heavy atom. The third kappa shape index (κ3) is 3.27. The first-order valence-corrected chi connectivity index (χ1v) is 8.85. The van der Waals surface area contributed by atoms with Crippen LogP contribution < -0.4 is 4.90 Å². The smallest absolute Gasteiger partial charge is 0.298 e. The van der Waals surface area contributed by atoms with E-state index in [2.05, 4.69) is 10.1 Å². The Labute approximate surface area is 147 Å². The number of benzene rings is 1. The summed E-state index contributed by atoms with van der Waals surface area (Å²) in [5.41, 5.74) is 1.28. The highest BCUT2D eigenvalue weighted by molar-refractivity contribution is 7.22. The van der Waals surface area contributed by atoms with E-state index in [-0.39, 0.29) is 23.6 Å². The average Bonchev–Trinajstić information content (AvgIpc) is 3.31. The molecule has 4 rings (SSSR count). The summed E-state index contributed by atoms with van der Waals surface area (Å²) in [6.07, 6.45) is 1.81. The van der Waals surface area contributed by atoms with Gasteiger partial charge in [0.15, 0.2) is 5.13 Å². The van der Waals surface area contributed by atoms with Gasteiger partial charge in [0, 0.05) is 12.7 Å². The molecular formula is C17H16FN3O3S. The van der Waals surface area contributed by atoms with Gasteiger partial charge in [0.25, 0.3) is 5.91 Å². The van der Waals surface area contributed by atoms with Crippen LogP contribution >= 0.6 is 11.3 Å². The fourth-order valence-electron chi connectivity index (χ4n) is 2.84. The van der Waals surface area contributed by atoms with E-state index in [0.717, 1.165) is 12.8 Å². The van der Waals surface area contributed by atoms with Gasteiger partial charge in [0.05, 0.1) is 28.6 Å². The third-order valence-corrected chi connectivity index (χ3v) is 5.11.